The topological polar surface area (TPSA) is 41.6 Å². The summed E-state index contributed by atoms with van der Waals surface area (Å²) in [6.45, 7) is 5.04. The number of ether oxygens (including phenoxy) is 1. The SMILES string of the molecule is COCCN(C(=O)C(C)=C1CNC1)C1CC1. The van der Waals surface area contributed by atoms with Crippen LogP contribution in [0.4, 0.5) is 0 Å². The summed E-state index contributed by atoms with van der Waals surface area (Å²) < 4.78 is 5.06. The van der Waals surface area contributed by atoms with Crippen molar-refractivity contribution < 1.29 is 9.53 Å². The van der Waals surface area contributed by atoms with Crippen molar-refractivity contribution in [2.45, 2.75) is 25.8 Å². The summed E-state index contributed by atoms with van der Waals surface area (Å²) in [6, 6.07) is 0.464. The Morgan fingerprint density at radius 2 is 2.19 bits per heavy atom. The van der Waals surface area contributed by atoms with Crippen LogP contribution in [0.5, 0.6) is 0 Å². The van der Waals surface area contributed by atoms with Crippen LogP contribution in [0, 0.1) is 0 Å². The normalized spacial score (nSPS) is 19.2. The fraction of sp³-hybridized carbons (Fsp3) is 0.750. The van der Waals surface area contributed by atoms with E-state index in [0.29, 0.717) is 12.6 Å². The molecule has 1 aliphatic carbocycles. The lowest BCUT2D eigenvalue weighted by atomic mass is 10.0. The lowest BCUT2D eigenvalue weighted by Crippen LogP contribution is -2.41. The van der Waals surface area contributed by atoms with Gasteiger partial charge in [-0.15, -0.1) is 0 Å². The third-order valence-corrected chi connectivity index (χ3v) is 3.31. The quantitative estimate of drug-likeness (QED) is 0.693. The molecular formula is C12H20N2O2. The summed E-state index contributed by atoms with van der Waals surface area (Å²) in [5, 5.41) is 3.17. The van der Waals surface area contributed by atoms with Crippen molar-refractivity contribution in [1.82, 2.24) is 10.2 Å². The first-order valence-corrected chi connectivity index (χ1v) is 5.93. The highest BCUT2D eigenvalue weighted by atomic mass is 16.5. The molecule has 0 aromatic carbocycles. The van der Waals surface area contributed by atoms with Gasteiger partial charge in [0.1, 0.15) is 0 Å². The fourth-order valence-electron chi connectivity index (χ4n) is 1.91. The molecule has 2 fully saturated rings. The van der Waals surface area contributed by atoms with Gasteiger partial charge in [0, 0.05) is 38.4 Å². The van der Waals surface area contributed by atoms with Crippen molar-refractivity contribution in [3.05, 3.63) is 11.1 Å². The number of methoxy groups -OCH3 is 1. The molecule has 2 aliphatic rings. The van der Waals surface area contributed by atoms with Crippen molar-refractivity contribution in [1.29, 1.82) is 0 Å². The van der Waals surface area contributed by atoms with Gasteiger partial charge in [-0.1, -0.05) is 0 Å². The molecule has 1 saturated heterocycles. The van der Waals surface area contributed by atoms with Gasteiger partial charge in [-0.2, -0.15) is 0 Å². The zero-order valence-corrected chi connectivity index (χ0v) is 10.1. The minimum Gasteiger partial charge on any atom is -0.383 e. The molecule has 0 aromatic rings. The largest absolute Gasteiger partial charge is 0.383 e. The van der Waals surface area contributed by atoms with Crippen LogP contribution in [-0.2, 0) is 9.53 Å². The van der Waals surface area contributed by atoms with Gasteiger partial charge < -0.3 is 15.0 Å². The number of hydrogen-bond donors (Lipinski definition) is 1. The third kappa shape index (κ3) is 2.44. The maximum Gasteiger partial charge on any atom is 0.249 e. The van der Waals surface area contributed by atoms with E-state index < -0.39 is 0 Å². The van der Waals surface area contributed by atoms with E-state index in [2.05, 4.69) is 5.32 Å². The molecular weight excluding hydrogens is 204 g/mol. The third-order valence-electron chi connectivity index (χ3n) is 3.31. The van der Waals surface area contributed by atoms with Crippen LogP contribution in [0.3, 0.4) is 0 Å². The summed E-state index contributed by atoms with van der Waals surface area (Å²) in [6.07, 6.45) is 2.30. The Bertz CT molecular complexity index is 302. The van der Waals surface area contributed by atoms with Crippen molar-refractivity contribution in [3.8, 4) is 0 Å². The molecule has 4 nitrogen and oxygen atoms in total. The molecule has 16 heavy (non-hydrogen) atoms. The lowest BCUT2D eigenvalue weighted by Gasteiger charge is -2.27. The smallest absolute Gasteiger partial charge is 0.249 e. The van der Waals surface area contributed by atoms with Crippen LogP contribution in [0.2, 0.25) is 0 Å². The number of nitrogens with zero attached hydrogens (tertiary/aromatic N) is 1. The molecule has 4 heteroatoms. The number of rotatable bonds is 5. The van der Waals surface area contributed by atoms with E-state index in [4.69, 9.17) is 4.74 Å². The van der Waals surface area contributed by atoms with Crippen LogP contribution in [0.1, 0.15) is 19.8 Å². The van der Waals surface area contributed by atoms with Gasteiger partial charge in [0.2, 0.25) is 5.91 Å². The Kier molecular flexibility index (Phi) is 3.61. The first-order valence-electron chi connectivity index (χ1n) is 5.93. The fourth-order valence-corrected chi connectivity index (χ4v) is 1.91. The molecule has 1 N–H and O–H groups in total. The van der Waals surface area contributed by atoms with E-state index in [1.165, 1.54) is 5.57 Å². The molecule has 0 radical (unpaired) electrons. The minimum absolute atomic E-state index is 0.205. The molecule has 0 spiro atoms. The van der Waals surface area contributed by atoms with Crippen LogP contribution in [-0.4, -0.2) is 50.2 Å². The second-order valence-electron chi connectivity index (χ2n) is 4.55. The molecule has 2 rings (SSSR count). The van der Waals surface area contributed by atoms with Gasteiger partial charge in [-0.05, 0) is 25.3 Å². The molecule has 1 amide bonds. The number of hydrogen-bond acceptors (Lipinski definition) is 3. The molecule has 0 unspecified atom stereocenters. The van der Waals surface area contributed by atoms with Crippen molar-refractivity contribution >= 4 is 5.91 Å². The van der Waals surface area contributed by atoms with Gasteiger partial charge in [0.15, 0.2) is 0 Å². The molecule has 1 saturated carbocycles. The average molecular weight is 224 g/mol. The van der Waals surface area contributed by atoms with Crippen LogP contribution in [0.15, 0.2) is 11.1 Å². The molecule has 0 atom stereocenters. The highest BCUT2D eigenvalue weighted by molar-refractivity contribution is 5.94. The number of amides is 1. The first-order chi connectivity index (χ1) is 7.74. The van der Waals surface area contributed by atoms with Crippen LogP contribution >= 0.6 is 0 Å². The second kappa shape index (κ2) is 4.97. The van der Waals surface area contributed by atoms with Gasteiger partial charge in [0.25, 0.3) is 0 Å². The average Bonchev–Trinajstić information content (AvgIpc) is 2.99. The highest BCUT2D eigenvalue weighted by Crippen LogP contribution is 2.28. The summed E-state index contributed by atoms with van der Waals surface area (Å²) in [4.78, 5) is 14.2. The number of carbonyl (C=O) groups excluding carboxylic acids is 1. The first kappa shape index (κ1) is 11.6. The summed E-state index contributed by atoms with van der Waals surface area (Å²) in [5.41, 5.74) is 2.19. The molecule has 1 aliphatic heterocycles. The molecule has 0 aromatic heterocycles. The lowest BCUT2D eigenvalue weighted by molar-refractivity contribution is -0.128. The predicted octanol–water partition coefficient (Wildman–Crippen LogP) is 0.543. The van der Waals surface area contributed by atoms with E-state index in [1.807, 2.05) is 11.8 Å². The number of carbonyl (C=O) groups is 1. The Hall–Kier alpha value is -0.870. The van der Waals surface area contributed by atoms with Crippen molar-refractivity contribution in [2.24, 2.45) is 0 Å². The Labute approximate surface area is 96.6 Å². The standard InChI is InChI=1S/C12H20N2O2/c1-9(10-7-13-8-10)12(15)14(5-6-16-2)11-3-4-11/h11,13H,3-8H2,1-2H3. The summed E-state index contributed by atoms with van der Waals surface area (Å²) in [7, 11) is 1.68. The maximum absolute atomic E-state index is 12.2. The van der Waals surface area contributed by atoms with Gasteiger partial charge in [-0.3, -0.25) is 4.79 Å². The summed E-state index contributed by atoms with van der Waals surface area (Å²) in [5.74, 6) is 0.205. The number of nitrogens with one attached hydrogen (secondary N) is 1. The van der Waals surface area contributed by atoms with Crippen LogP contribution in [0.25, 0.3) is 0 Å². The zero-order chi connectivity index (χ0) is 11.5. The van der Waals surface area contributed by atoms with E-state index in [0.717, 1.165) is 38.0 Å². The predicted molar refractivity (Wildman–Crippen MR) is 62.2 cm³/mol. The maximum atomic E-state index is 12.2. The van der Waals surface area contributed by atoms with E-state index in [-0.39, 0.29) is 5.91 Å². The zero-order valence-electron chi connectivity index (χ0n) is 10.1. The molecule has 0 bridgehead atoms. The van der Waals surface area contributed by atoms with Gasteiger partial charge >= 0.3 is 0 Å². The molecule has 1 heterocycles. The van der Waals surface area contributed by atoms with E-state index >= 15 is 0 Å². The minimum atomic E-state index is 0.205. The highest BCUT2D eigenvalue weighted by Gasteiger charge is 2.33. The Balaban J connectivity index is 1.98. The monoisotopic (exact) mass is 224 g/mol. The van der Waals surface area contributed by atoms with Gasteiger partial charge in [-0.25, -0.2) is 0 Å². The van der Waals surface area contributed by atoms with Gasteiger partial charge in [0.05, 0.1) is 6.61 Å². The second-order valence-corrected chi connectivity index (χ2v) is 4.55. The van der Waals surface area contributed by atoms with Crippen molar-refractivity contribution in [3.63, 3.8) is 0 Å². The Morgan fingerprint density at radius 3 is 2.62 bits per heavy atom. The van der Waals surface area contributed by atoms with E-state index in [9.17, 15) is 4.79 Å². The van der Waals surface area contributed by atoms with Crippen molar-refractivity contribution in [2.75, 3.05) is 33.4 Å². The Morgan fingerprint density at radius 1 is 1.50 bits per heavy atom. The van der Waals surface area contributed by atoms with Crippen LogP contribution < -0.4 is 5.32 Å². The van der Waals surface area contributed by atoms with E-state index in [1.54, 1.807) is 7.11 Å². The molecule has 90 valence electrons. The summed E-state index contributed by atoms with van der Waals surface area (Å²) >= 11 is 0.